The van der Waals surface area contributed by atoms with Crippen LogP contribution in [0.5, 0.6) is 0 Å². The highest BCUT2D eigenvalue weighted by atomic mass is 79.9. The first kappa shape index (κ1) is 13.4. The second kappa shape index (κ2) is 4.91. The minimum absolute atomic E-state index is 0.0377. The molecule has 1 aliphatic rings. The van der Waals surface area contributed by atoms with Crippen LogP contribution in [0.4, 0.5) is 13.2 Å². The van der Waals surface area contributed by atoms with E-state index in [1.807, 2.05) is 29.6 Å². The molecule has 0 unspecified atom stereocenters. The molecule has 18 heavy (non-hydrogen) atoms. The Morgan fingerprint density at radius 1 is 1.44 bits per heavy atom. The van der Waals surface area contributed by atoms with Gasteiger partial charge in [-0.05, 0) is 30.0 Å². The molecule has 1 aliphatic carbocycles. The van der Waals surface area contributed by atoms with Crippen LogP contribution in [0, 0.1) is 5.92 Å². The Morgan fingerprint density at radius 3 is 2.78 bits per heavy atom. The Balaban J connectivity index is 1.89. The van der Waals surface area contributed by atoms with Crippen LogP contribution < -0.4 is 5.32 Å². The number of hydrogen-bond donors (Lipinski definition) is 1. The number of nitrogens with one attached hydrogen (secondary N) is 1. The minimum atomic E-state index is -4.35. The van der Waals surface area contributed by atoms with Gasteiger partial charge in [0.15, 0.2) is 0 Å². The standard InChI is InChI=1S/C12H11BrF3NO/c13-8-3-1-2-7(4-8)9-5-10(9)11(18)17-6-12(14,15)16/h1-4,9-10H,5-6H2,(H,17,18)/t9-,10+/m1/s1. The maximum absolute atomic E-state index is 12.0. The van der Waals surface area contributed by atoms with E-state index < -0.39 is 18.6 Å². The maximum Gasteiger partial charge on any atom is 0.405 e. The van der Waals surface area contributed by atoms with E-state index in [1.165, 1.54) is 0 Å². The largest absolute Gasteiger partial charge is 0.405 e. The second-order valence-electron chi connectivity index (χ2n) is 4.34. The summed E-state index contributed by atoms with van der Waals surface area (Å²) in [5.41, 5.74) is 0.983. The fourth-order valence-corrected chi connectivity index (χ4v) is 2.33. The number of hydrogen-bond acceptors (Lipinski definition) is 1. The molecule has 2 atom stereocenters. The molecule has 0 bridgehead atoms. The van der Waals surface area contributed by atoms with E-state index in [4.69, 9.17) is 0 Å². The molecule has 98 valence electrons. The van der Waals surface area contributed by atoms with Crippen molar-refractivity contribution in [2.24, 2.45) is 5.92 Å². The first-order valence-electron chi connectivity index (χ1n) is 5.47. The molecular formula is C12H11BrF3NO. The van der Waals surface area contributed by atoms with Gasteiger partial charge in [-0.15, -0.1) is 0 Å². The van der Waals surface area contributed by atoms with Gasteiger partial charge in [0.05, 0.1) is 0 Å². The summed E-state index contributed by atoms with van der Waals surface area (Å²) < 4.78 is 36.8. The molecule has 0 spiro atoms. The van der Waals surface area contributed by atoms with Gasteiger partial charge in [-0.3, -0.25) is 4.79 Å². The summed E-state index contributed by atoms with van der Waals surface area (Å²) in [4.78, 5) is 11.5. The van der Waals surface area contributed by atoms with Crippen molar-refractivity contribution in [1.29, 1.82) is 0 Å². The highest BCUT2D eigenvalue weighted by Gasteiger charge is 2.44. The number of amides is 1. The van der Waals surface area contributed by atoms with E-state index in [0.29, 0.717) is 6.42 Å². The number of alkyl halides is 3. The third kappa shape index (κ3) is 3.48. The Kier molecular flexibility index (Phi) is 3.66. The molecule has 1 fully saturated rings. The van der Waals surface area contributed by atoms with Crippen molar-refractivity contribution in [3.8, 4) is 0 Å². The van der Waals surface area contributed by atoms with Crippen LogP contribution in [0.3, 0.4) is 0 Å². The van der Waals surface area contributed by atoms with Gasteiger partial charge in [0.25, 0.3) is 0 Å². The zero-order valence-corrected chi connectivity index (χ0v) is 10.9. The van der Waals surface area contributed by atoms with Gasteiger partial charge in [-0.2, -0.15) is 13.2 Å². The average molecular weight is 322 g/mol. The summed E-state index contributed by atoms with van der Waals surface area (Å²) in [5, 5.41) is 1.92. The van der Waals surface area contributed by atoms with Crippen LogP contribution in [0.25, 0.3) is 0 Å². The van der Waals surface area contributed by atoms with E-state index in [-0.39, 0.29) is 11.8 Å². The van der Waals surface area contributed by atoms with Crippen LogP contribution in [0.2, 0.25) is 0 Å². The molecule has 6 heteroatoms. The van der Waals surface area contributed by atoms with Crippen molar-refractivity contribution >= 4 is 21.8 Å². The van der Waals surface area contributed by atoms with Crippen molar-refractivity contribution < 1.29 is 18.0 Å². The van der Waals surface area contributed by atoms with Gasteiger partial charge < -0.3 is 5.32 Å². The van der Waals surface area contributed by atoms with E-state index in [0.717, 1.165) is 10.0 Å². The number of benzene rings is 1. The molecule has 0 aromatic heterocycles. The molecule has 1 amide bonds. The molecule has 1 saturated carbocycles. The first-order valence-corrected chi connectivity index (χ1v) is 6.26. The zero-order valence-electron chi connectivity index (χ0n) is 9.30. The number of halogens is 4. The average Bonchev–Trinajstić information content (AvgIpc) is 3.05. The third-order valence-electron chi connectivity index (χ3n) is 2.87. The quantitative estimate of drug-likeness (QED) is 0.909. The van der Waals surface area contributed by atoms with Crippen molar-refractivity contribution in [3.05, 3.63) is 34.3 Å². The Morgan fingerprint density at radius 2 is 2.17 bits per heavy atom. The summed E-state index contributed by atoms with van der Waals surface area (Å²) in [5.74, 6) is -0.810. The van der Waals surface area contributed by atoms with E-state index >= 15 is 0 Å². The van der Waals surface area contributed by atoms with E-state index in [1.54, 1.807) is 0 Å². The lowest BCUT2D eigenvalue weighted by Crippen LogP contribution is -2.34. The summed E-state index contributed by atoms with van der Waals surface area (Å²) >= 11 is 3.32. The van der Waals surface area contributed by atoms with Crippen LogP contribution in [-0.4, -0.2) is 18.6 Å². The predicted molar refractivity (Wildman–Crippen MR) is 64.1 cm³/mol. The number of rotatable bonds is 3. The van der Waals surface area contributed by atoms with Gasteiger partial charge >= 0.3 is 6.18 Å². The maximum atomic E-state index is 12.0. The Hall–Kier alpha value is -1.04. The van der Waals surface area contributed by atoms with E-state index in [9.17, 15) is 18.0 Å². The fourth-order valence-electron chi connectivity index (χ4n) is 1.91. The number of carbonyl (C=O) groups is 1. The molecule has 1 aromatic carbocycles. The third-order valence-corrected chi connectivity index (χ3v) is 3.36. The monoisotopic (exact) mass is 321 g/mol. The predicted octanol–water partition coefficient (Wildman–Crippen LogP) is 3.23. The molecule has 0 heterocycles. The smallest absolute Gasteiger partial charge is 0.347 e. The molecule has 1 N–H and O–H groups in total. The minimum Gasteiger partial charge on any atom is -0.347 e. The highest BCUT2D eigenvalue weighted by molar-refractivity contribution is 9.10. The summed E-state index contributed by atoms with van der Waals surface area (Å²) in [6.45, 7) is -1.26. The van der Waals surface area contributed by atoms with Gasteiger partial charge in [0, 0.05) is 10.4 Å². The molecule has 0 saturated heterocycles. The van der Waals surface area contributed by atoms with Gasteiger partial charge in [-0.1, -0.05) is 28.1 Å². The van der Waals surface area contributed by atoms with E-state index in [2.05, 4.69) is 15.9 Å². The van der Waals surface area contributed by atoms with Crippen LogP contribution in [-0.2, 0) is 4.79 Å². The first-order chi connectivity index (χ1) is 8.37. The SMILES string of the molecule is O=C(NCC(F)(F)F)[C@H]1C[C@@H]1c1cccc(Br)c1. The molecule has 0 radical (unpaired) electrons. The van der Waals surface area contributed by atoms with Crippen LogP contribution in [0.15, 0.2) is 28.7 Å². The molecule has 0 aliphatic heterocycles. The zero-order chi connectivity index (χ0) is 13.3. The highest BCUT2D eigenvalue weighted by Crippen LogP contribution is 2.47. The lowest BCUT2D eigenvalue weighted by molar-refractivity contribution is -0.139. The van der Waals surface area contributed by atoms with Crippen molar-refractivity contribution in [3.63, 3.8) is 0 Å². The Labute approximate surface area is 111 Å². The lowest BCUT2D eigenvalue weighted by atomic mass is 10.1. The van der Waals surface area contributed by atoms with Crippen molar-refractivity contribution in [2.45, 2.75) is 18.5 Å². The summed E-state index contributed by atoms with van der Waals surface area (Å²) in [6.07, 6.45) is -3.74. The molecular weight excluding hydrogens is 311 g/mol. The Bertz CT molecular complexity index is 461. The topological polar surface area (TPSA) is 29.1 Å². The van der Waals surface area contributed by atoms with Crippen molar-refractivity contribution in [1.82, 2.24) is 5.32 Å². The van der Waals surface area contributed by atoms with Gasteiger partial charge in [-0.25, -0.2) is 0 Å². The lowest BCUT2D eigenvalue weighted by Gasteiger charge is -2.08. The second-order valence-corrected chi connectivity index (χ2v) is 5.25. The fraction of sp³-hybridized carbons (Fsp3) is 0.417. The van der Waals surface area contributed by atoms with Gasteiger partial charge in [0.1, 0.15) is 6.54 Å². The number of carbonyl (C=O) groups excluding carboxylic acids is 1. The normalized spacial score (nSPS) is 22.7. The summed E-state index contributed by atoms with van der Waals surface area (Å²) in [6, 6.07) is 7.49. The van der Waals surface area contributed by atoms with Gasteiger partial charge in [0.2, 0.25) is 5.91 Å². The molecule has 2 nitrogen and oxygen atoms in total. The molecule has 2 rings (SSSR count). The van der Waals surface area contributed by atoms with Crippen molar-refractivity contribution in [2.75, 3.05) is 6.54 Å². The van der Waals surface area contributed by atoms with Crippen LogP contribution in [0.1, 0.15) is 17.9 Å². The summed E-state index contributed by atoms with van der Waals surface area (Å²) in [7, 11) is 0. The van der Waals surface area contributed by atoms with Crippen LogP contribution >= 0.6 is 15.9 Å². The molecule has 1 aromatic rings.